The van der Waals surface area contributed by atoms with E-state index in [1.807, 2.05) is 6.92 Å². The number of nitrogens with one attached hydrogen (secondary N) is 1. The van der Waals surface area contributed by atoms with Gasteiger partial charge in [-0.3, -0.25) is 9.59 Å². The highest BCUT2D eigenvalue weighted by molar-refractivity contribution is 5.94. The predicted octanol–water partition coefficient (Wildman–Crippen LogP) is 0.218. The molecule has 2 rings (SSSR count). The van der Waals surface area contributed by atoms with Gasteiger partial charge in [0.05, 0.1) is 6.10 Å². The van der Waals surface area contributed by atoms with Crippen molar-refractivity contribution in [2.45, 2.75) is 19.4 Å². The van der Waals surface area contributed by atoms with Crippen molar-refractivity contribution in [3.8, 4) is 0 Å². The van der Waals surface area contributed by atoms with Crippen LogP contribution in [-0.2, 0) is 0 Å². The van der Waals surface area contributed by atoms with Crippen LogP contribution in [0.25, 0.3) is 0 Å². The zero-order valence-electron chi connectivity index (χ0n) is 9.72. The molecule has 1 aromatic rings. The lowest BCUT2D eigenvalue weighted by atomic mass is 9.96. The Morgan fingerprint density at radius 2 is 2.35 bits per heavy atom. The number of aromatic amines is 1. The van der Waals surface area contributed by atoms with Crippen molar-refractivity contribution in [2.75, 3.05) is 13.1 Å². The van der Waals surface area contributed by atoms with Crippen LogP contribution in [0.2, 0.25) is 0 Å². The third-order valence-corrected chi connectivity index (χ3v) is 3.17. The number of nitrogens with zero attached hydrogens (tertiary/aromatic N) is 1. The molecule has 2 N–H and O–H groups in total. The molecule has 1 aliphatic heterocycles. The fourth-order valence-electron chi connectivity index (χ4n) is 2.08. The lowest BCUT2D eigenvalue weighted by Crippen LogP contribution is -2.45. The number of piperidine rings is 1. The van der Waals surface area contributed by atoms with Gasteiger partial charge >= 0.3 is 0 Å². The maximum absolute atomic E-state index is 12.1. The molecule has 5 heteroatoms. The van der Waals surface area contributed by atoms with Gasteiger partial charge in [-0.15, -0.1) is 0 Å². The fourth-order valence-corrected chi connectivity index (χ4v) is 2.08. The van der Waals surface area contributed by atoms with Gasteiger partial charge in [0.15, 0.2) is 0 Å². The number of rotatable bonds is 1. The summed E-state index contributed by atoms with van der Waals surface area (Å²) in [5.74, 6) is -0.0652. The van der Waals surface area contributed by atoms with Crippen molar-refractivity contribution in [1.29, 1.82) is 0 Å². The highest BCUT2D eigenvalue weighted by Gasteiger charge is 2.27. The van der Waals surface area contributed by atoms with Crippen molar-refractivity contribution in [3.05, 3.63) is 34.2 Å². The Morgan fingerprint density at radius 1 is 1.59 bits per heavy atom. The number of carbonyl (C=O) groups is 1. The summed E-state index contributed by atoms with van der Waals surface area (Å²) in [7, 11) is 0. The smallest absolute Gasteiger partial charge is 0.254 e. The van der Waals surface area contributed by atoms with Crippen LogP contribution >= 0.6 is 0 Å². The highest BCUT2D eigenvalue weighted by Crippen LogP contribution is 2.18. The monoisotopic (exact) mass is 236 g/mol. The molecule has 0 radical (unpaired) electrons. The standard InChI is InChI=1S/C12H16N2O3/c1-8-7-14(5-3-10(8)15)12(17)9-2-4-13-11(16)6-9/h2,4,6,8,10,15H,3,5,7H2,1H3,(H,13,16). The average molecular weight is 236 g/mol. The molecule has 5 nitrogen and oxygen atoms in total. The summed E-state index contributed by atoms with van der Waals surface area (Å²) in [4.78, 5) is 27.4. The van der Waals surface area contributed by atoms with Gasteiger partial charge in [0, 0.05) is 30.9 Å². The molecule has 0 spiro atoms. The van der Waals surface area contributed by atoms with Crippen LogP contribution in [0.15, 0.2) is 23.1 Å². The normalized spacial score (nSPS) is 24.7. The Kier molecular flexibility index (Phi) is 3.28. The number of likely N-dealkylation sites (tertiary alicyclic amines) is 1. The first-order valence-corrected chi connectivity index (χ1v) is 5.74. The van der Waals surface area contributed by atoms with Crippen LogP contribution in [0, 0.1) is 5.92 Å². The molecule has 2 unspecified atom stereocenters. The minimum absolute atomic E-state index is 0.0784. The zero-order chi connectivity index (χ0) is 12.4. The van der Waals surface area contributed by atoms with Crippen LogP contribution < -0.4 is 5.56 Å². The number of aliphatic hydroxyl groups excluding tert-OH is 1. The van der Waals surface area contributed by atoms with E-state index in [0.717, 1.165) is 0 Å². The van der Waals surface area contributed by atoms with Gasteiger partial charge in [0.2, 0.25) is 5.56 Å². The lowest BCUT2D eigenvalue weighted by molar-refractivity contribution is 0.0297. The minimum Gasteiger partial charge on any atom is -0.393 e. The molecule has 1 aliphatic rings. The molecule has 1 aromatic heterocycles. The average Bonchev–Trinajstić information content (AvgIpc) is 2.32. The van der Waals surface area contributed by atoms with Crippen LogP contribution in [0.5, 0.6) is 0 Å². The second-order valence-electron chi connectivity index (χ2n) is 4.53. The van der Waals surface area contributed by atoms with Gasteiger partial charge in [-0.25, -0.2) is 0 Å². The van der Waals surface area contributed by atoms with E-state index in [1.165, 1.54) is 12.3 Å². The van der Waals surface area contributed by atoms with E-state index in [2.05, 4.69) is 4.98 Å². The van der Waals surface area contributed by atoms with Crippen LogP contribution in [0.1, 0.15) is 23.7 Å². The minimum atomic E-state index is -0.335. The molecule has 92 valence electrons. The summed E-state index contributed by atoms with van der Waals surface area (Å²) >= 11 is 0. The fraction of sp³-hybridized carbons (Fsp3) is 0.500. The second kappa shape index (κ2) is 4.71. The van der Waals surface area contributed by atoms with E-state index in [1.54, 1.807) is 11.0 Å². The molecular weight excluding hydrogens is 220 g/mol. The first-order valence-electron chi connectivity index (χ1n) is 5.74. The molecule has 17 heavy (non-hydrogen) atoms. The third kappa shape index (κ3) is 2.55. The van der Waals surface area contributed by atoms with Gasteiger partial charge in [0.25, 0.3) is 5.91 Å². The van der Waals surface area contributed by atoms with E-state index in [9.17, 15) is 14.7 Å². The Hall–Kier alpha value is -1.62. The summed E-state index contributed by atoms with van der Waals surface area (Å²) in [6, 6.07) is 2.90. The predicted molar refractivity (Wildman–Crippen MR) is 62.8 cm³/mol. The summed E-state index contributed by atoms with van der Waals surface area (Å²) in [6.07, 6.45) is 1.73. The third-order valence-electron chi connectivity index (χ3n) is 3.17. The maximum atomic E-state index is 12.1. The zero-order valence-corrected chi connectivity index (χ0v) is 9.72. The Morgan fingerprint density at radius 3 is 3.00 bits per heavy atom. The molecule has 1 fully saturated rings. The molecule has 0 aliphatic carbocycles. The number of pyridine rings is 1. The van der Waals surface area contributed by atoms with Crippen LogP contribution in [0.3, 0.4) is 0 Å². The highest BCUT2D eigenvalue weighted by atomic mass is 16.3. The van der Waals surface area contributed by atoms with E-state index in [-0.39, 0.29) is 23.5 Å². The van der Waals surface area contributed by atoms with Crippen LogP contribution in [0.4, 0.5) is 0 Å². The molecule has 0 aromatic carbocycles. The van der Waals surface area contributed by atoms with Crippen molar-refractivity contribution in [1.82, 2.24) is 9.88 Å². The van der Waals surface area contributed by atoms with Crippen molar-refractivity contribution >= 4 is 5.91 Å². The molecule has 1 amide bonds. The largest absolute Gasteiger partial charge is 0.393 e. The van der Waals surface area contributed by atoms with Crippen molar-refractivity contribution in [2.24, 2.45) is 5.92 Å². The molecule has 0 saturated carbocycles. The quantitative estimate of drug-likeness (QED) is 0.732. The topological polar surface area (TPSA) is 73.4 Å². The Balaban J connectivity index is 2.13. The van der Waals surface area contributed by atoms with Gasteiger partial charge in [0.1, 0.15) is 0 Å². The summed E-state index contributed by atoms with van der Waals surface area (Å²) in [5, 5.41) is 9.60. The van der Waals surface area contributed by atoms with Crippen molar-refractivity contribution < 1.29 is 9.90 Å². The number of hydrogen-bond acceptors (Lipinski definition) is 3. The molecule has 2 heterocycles. The number of carbonyl (C=O) groups excluding carboxylic acids is 1. The number of H-pyrrole nitrogens is 1. The van der Waals surface area contributed by atoms with E-state index >= 15 is 0 Å². The number of aromatic nitrogens is 1. The van der Waals surface area contributed by atoms with Gasteiger partial charge in [-0.05, 0) is 18.4 Å². The van der Waals surface area contributed by atoms with Gasteiger partial charge < -0.3 is 15.0 Å². The summed E-state index contributed by atoms with van der Waals surface area (Å²) in [5.41, 5.74) is 0.123. The number of hydrogen-bond donors (Lipinski definition) is 2. The molecule has 0 bridgehead atoms. The van der Waals surface area contributed by atoms with E-state index < -0.39 is 0 Å². The van der Waals surface area contributed by atoms with E-state index in [0.29, 0.717) is 25.1 Å². The van der Waals surface area contributed by atoms with Gasteiger partial charge in [-0.2, -0.15) is 0 Å². The SMILES string of the molecule is CC1CN(C(=O)c2cc[nH]c(=O)c2)CCC1O. The van der Waals surface area contributed by atoms with Gasteiger partial charge in [-0.1, -0.05) is 6.92 Å². The Bertz CT molecular complexity index is 469. The summed E-state index contributed by atoms with van der Waals surface area (Å²) in [6.45, 7) is 2.99. The first kappa shape index (κ1) is 11.9. The van der Waals surface area contributed by atoms with Crippen molar-refractivity contribution in [3.63, 3.8) is 0 Å². The first-order chi connectivity index (χ1) is 8.08. The maximum Gasteiger partial charge on any atom is 0.254 e. The molecular formula is C12H16N2O3. The Labute approximate surface area is 99.1 Å². The number of aliphatic hydroxyl groups is 1. The summed E-state index contributed by atoms with van der Waals surface area (Å²) < 4.78 is 0. The van der Waals surface area contributed by atoms with Crippen LogP contribution in [-0.4, -0.2) is 40.1 Å². The van der Waals surface area contributed by atoms with E-state index in [4.69, 9.17) is 0 Å². The molecule has 1 saturated heterocycles. The lowest BCUT2D eigenvalue weighted by Gasteiger charge is -2.34. The molecule has 2 atom stereocenters. The second-order valence-corrected chi connectivity index (χ2v) is 4.53. The number of amides is 1.